The Morgan fingerprint density at radius 3 is 2.51 bits per heavy atom. The lowest BCUT2D eigenvalue weighted by Crippen LogP contribution is -2.34. The quantitative estimate of drug-likeness (QED) is 0.485. The molecule has 3 aromatic rings. The molecule has 7 heteroatoms. The average molecular weight is 491 g/mol. The molecule has 5 nitrogen and oxygen atoms in total. The molecule has 3 aromatic carbocycles. The summed E-state index contributed by atoms with van der Waals surface area (Å²) in [6, 6.07) is 17.9. The van der Waals surface area contributed by atoms with Gasteiger partial charge in [0.05, 0.1) is 10.6 Å². The van der Waals surface area contributed by atoms with E-state index in [0.717, 1.165) is 30.2 Å². The zero-order valence-corrected chi connectivity index (χ0v) is 19.8. The Kier molecular flexibility index (Phi) is 6.15. The van der Waals surface area contributed by atoms with Crippen molar-refractivity contribution in [2.75, 3.05) is 16.8 Å². The highest BCUT2D eigenvalue weighted by Gasteiger charge is 2.44. The second-order valence-electron chi connectivity index (χ2n) is 9.22. The van der Waals surface area contributed by atoms with Crippen LogP contribution < -0.4 is 10.2 Å². The zero-order chi connectivity index (χ0) is 24.6. The number of hydrogen-bond donors (Lipinski definition) is 1. The van der Waals surface area contributed by atoms with Gasteiger partial charge in [-0.05, 0) is 79.8 Å². The number of benzene rings is 3. The Hall–Kier alpha value is -3.51. The van der Waals surface area contributed by atoms with Crippen LogP contribution >= 0.6 is 11.6 Å². The Bertz CT molecular complexity index is 1320. The number of nitrogens with one attached hydrogen (secondary N) is 1. The maximum absolute atomic E-state index is 13.5. The number of rotatable bonds is 3. The molecule has 0 bridgehead atoms. The van der Waals surface area contributed by atoms with Crippen molar-refractivity contribution in [3.05, 3.63) is 94.3 Å². The maximum atomic E-state index is 13.5. The zero-order valence-electron chi connectivity index (χ0n) is 19.0. The minimum absolute atomic E-state index is 0.0309. The van der Waals surface area contributed by atoms with E-state index in [0.29, 0.717) is 42.8 Å². The fraction of sp³-hybridized carbons (Fsp3) is 0.250. The van der Waals surface area contributed by atoms with E-state index < -0.39 is 11.7 Å². The molecular formula is C28H24ClFN2O3. The average Bonchev–Trinajstić information content (AvgIpc) is 3.11. The van der Waals surface area contributed by atoms with E-state index in [4.69, 9.17) is 11.6 Å². The first-order chi connectivity index (χ1) is 16.9. The maximum Gasteiger partial charge on any atom is 0.258 e. The number of Topliss-reactive ketones (excluding diaryl/α,β-unsaturated/α-hetero) is 1. The van der Waals surface area contributed by atoms with Gasteiger partial charge < -0.3 is 10.2 Å². The van der Waals surface area contributed by atoms with Gasteiger partial charge in [0.1, 0.15) is 11.6 Å². The van der Waals surface area contributed by atoms with Crippen molar-refractivity contribution in [1.29, 1.82) is 0 Å². The number of para-hydroxylation sites is 1. The molecular weight excluding hydrogens is 467 g/mol. The fourth-order valence-electron chi connectivity index (χ4n) is 5.20. The summed E-state index contributed by atoms with van der Waals surface area (Å²) < 4.78 is 13.5. The summed E-state index contributed by atoms with van der Waals surface area (Å²) in [6.07, 6.45) is 3.70. The molecule has 178 valence electrons. The Morgan fingerprint density at radius 1 is 1.00 bits per heavy atom. The molecule has 2 amide bonds. The van der Waals surface area contributed by atoms with Crippen molar-refractivity contribution in [1.82, 2.24) is 0 Å². The van der Waals surface area contributed by atoms with Crippen LogP contribution in [-0.2, 0) is 11.2 Å². The third-order valence-corrected chi connectivity index (χ3v) is 7.41. The summed E-state index contributed by atoms with van der Waals surface area (Å²) in [6.45, 7) is 0.470. The molecule has 1 aliphatic heterocycles. The number of carbonyl (C=O) groups is 3. The lowest BCUT2D eigenvalue weighted by Gasteiger charge is -2.26. The molecule has 1 N–H and O–H groups in total. The summed E-state index contributed by atoms with van der Waals surface area (Å²) in [5, 5.41) is 2.83. The largest absolute Gasteiger partial charge is 0.322 e. The molecule has 0 saturated heterocycles. The molecule has 1 unspecified atom stereocenters. The molecule has 1 aliphatic carbocycles. The third kappa shape index (κ3) is 4.46. The van der Waals surface area contributed by atoms with Crippen molar-refractivity contribution in [3.8, 4) is 0 Å². The van der Waals surface area contributed by atoms with Crippen LogP contribution in [0.5, 0.6) is 0 Å². The van der Waals surface area contributed by atoms with E-state index >= 15 is 0 Å². The molecule has 0 aromatic heterocycles. The highest BCUT2D eigenvalue weighted by Crippen LogP contribution is 2.45. The van der Waals surface area contributed by atoms with Gasteiger partial charge in [-0.2, -0.15) is 0 Å². The number of amides is 2. The van der Waals surface area contributed by atoms with E-state index in [1.54, 1.807) is 29.2 Å². The van der Waals surface area contributed by atoms with Gasteiger partial charge in [-0.15, -0.1) is 0 Å². The summed E-state index contributed by atoms with van der Waals surface area (Å²) >= 11 is 6.02. The SMILES string of the molecule is O=C(Nc1ccc(C(=O)N2CCC3(CCCC3=O)Cc3ccccc32)cc1)c1cc(F)ccc1Cl. The number of anilines is 2. The lowest BCUT2D eigenvalue weighted by molar-refractivity contribution is -0.126. The van der Waals surface area contributed by atoms with Crippen LogP contribution in [0.1, 0.15) is 52.0 Å². The van der Waals surface area contributed by atoms with Crippen molar-refractivity contribution in [2.45, 2.75) is 32.1 Å². The number of fused-ring (bicyclic) bond motifs is 1. The second-order valence-corrected chi connectivity index (χ2v) is 9.63. The molecule has 5 rings (SSSR count). The first kappa shape index (κ1) is 23.2. The Morgan fingerprint density at radius 2 is 1.77 bits per heavy atom. The van der Waals surface area contributed by atoms with Crippen molar-refractivity contribution in [2.24, 2.45) is 5.41 Å². The first-order valence-electron chi connectivity index (χ1n) is 11.7. The van der Waals surface area contributed by atoms with Gasteiger partial charge in [-0.1, -0.05) is 29.8 Å². The number of ketones is 1. The summed E-state index contributed by atoms with van der Waals surface area (Å²) in [5.74, 6) is -0.952. The number of halogens is 2. The van der Waals surface area contributed by atoms with Gasteiger partial charge >= 0.3 is 0 Å². The molecule has 35 heavy (non-hydrogen) atoms. The van der Waals surface area contributed by atoms with Gasteiger partial charge in [0.15, 0.2) is 0 Å². The minimum Gasteiger partial charge on any atom is -0.322 e. The van der Waals surface area contributed by atoms with Gasteiger partial charge in [-0.3, -0.25) is 14.4 Å². The second kappa shape index (κ2) is 9.27. The fourth-order valence-corrected chi connectivity index (χ4v) is 5.40. The number of hydrogen-bond acceptors (Lipinski definition) is 3. The monoisotopic (exact) mass is 490 g/mol. The minimum atomic E-state index is -0.556. The van der Waals surface area contributed by atoms with E-state index in [-0.39, 0.29) is 21.9 Å². The van der Waals surface area contributed by atoms with Crippen LogP contribution in [0.25, 0.3) is 0 Å². The lowest BCUT2D eigenvalue weighted by atomic mass is 9.77. The Balaban J connectivity index is 1.36. The summed E-state index contributed by atoms with van der Waals surface area (Å²) in [5.41, 5.74) is 2.44. The summed E-state index contributed by atoms with van der Waals surface area (Å²) in [7, 11) is 0. The van der Waals surface area contributed by atoms with Gasteiger partial charge in [0.2, 0.25) is 0 Å². The molecule has 1 atom stereocenters. The van der Waals surface area contributed by atoms with E-state index in [2.05, 4.69) is 5.32 Å². The topological polar surface area (TPSA) is 66.5 Å². The highest BCUT2D eigenvalue weighted by atomic mass is 35.5. The predicted octanol–water partition coefficient (Wildman–Crippen LogP) is 6.06. The highest BCUT2D eigenvalue weighted by molar-refractivity contribution is 6.34. The smallest absolute Gasteiger partial charge is 0.258 e. The molecule has 1 heterocycles. The van der Waals surface area contributed by atoms with Gasteiger partial charge in [0, 0.05) is 35.3 Å². The van der Waals surface area contributed by atoms with Crippen molar-refractivity contribution >= 4 is 40.6 Å². The molecule has 2 aliphatic rings. The van der Waals surface area contributed by atoms with Crippen LogP contribution in [0.2, 0.25) is 5.02 Å². The Labute approximate surface area is 207 Å². The van der Waals surface area contributed by atoms with Crippen LogP contribution in [0.3, 0.4) is 0 Å². The van der Waals surface area contributed by atoms with Crippen LogP contribution in [0.15, 0.2) is 66.7 Å². The molecule has 1 spiro atoms. The summed E-state index contributed by atoms with van der Waals surface area (Å²) in [4.78, 5) is 40.6. The van der Waals surface area contributed by atoms with Crippen molar-refractivity contribution in [3.63, 3.8) is 0 Å². The third-order valence-electron chi connectivity index (χ3n) is 7.08. The van der Waals surface area contributed by atoms with Crippen LogP contribution in [0, 0.1) is 11.2 Å². The van der Waals surface area contributed by atoms with Crippen LogP contribution in [0.4, 0.5) is 15.8 Å². The van der Waals surface area contributed by atoms with Crippen molar-refractivity contribution < 1.29 is 18.8 Å². The molecule has 1 fully saturated rings. The van der Waals surface area contributed by atoms with Gasteiger partial charge in [-0.25, -0.2) is 4.39 Å². The standard InChI is InChI=1S/C28H24ClFN2O3/c29-23-12-9-20(30)16-22(23)26(34)31-21-10-7-18(8-11-21)27(35)32-15-14-28(13-3-6-25(28)33)17-19-4-1-2-5-24(19)32/h1-2,4-5,7-12,16H,3,6,13-15,17H2,(H,31,34). The number of nitrogens with zero attached hydrogens (tertiary/aromatic N) is 1. The van der Waals surface area contributed by atoms with E-state index in [1.165, 1.54) is 12.1 Å². The predicted molar refractivity (Wildman–Crippen MR) is 134 cm³/mol. The first-order valence-corrected chi connectivity index (χ1v) is 12.0. The van der Waals surface area contributed by atoms with E-state index in [9.17, 15) is 18.8 Å². The number of carbonyl (C=O) groups excluding carboxylic acids is 3. The van der Waals surface area contributed by atoms with Crippen LogP contribution in [-0.4, -0.2) is 24.1 Å². The van der Waals surface area contributed by atoms with Gasteiger partial charge in [0.25, 0.3) is 11.8 Å². The normalized spacial score (nSPS) is 19.4. The molecule has 0 radical (unpaired) electrons. The van der Waals surface area contributed by atoms with E-state index in [1.807, 2.05) is 24.3 Å². The molecule has 1 saturated carbocycles.